The maximum absolute atomic E-state index is 12.6. The van der Waals surface area contributed by atoms with E-state index in [1.165, 1.54) is 83.5 Å². The van der Waals surface area contributed by atoms with E-state index in [1.54, 1.807) is 0 Å². The van der Waals surface area contributed by atoms with Crippen LogP contribution in [-0.2, 0) is 28.6 Å². The molecule has 0 aromatic rings. The summed E-state index contributed by atoms with van der Waals surface area (Å²) in [5, 5.41) is 9.60. The van der Waals surface area contributed by atoms with Gasteiger partial charge in [-0.3, -0.25) is 9.59 Å². The molecule has 0 saturated heterocycles. The minimum Gasteiger partial charge on any atom is -0.477 e. The zero-order valence-electron chi connectivity index (χ0n) is 34.7. The van der Waals surface area contributed by atoms with Crippen LogP contribution in [0.1, 0.15) is 168 Å². The standard InChI is InChI=1S/C45H79NO7/c1-6-8-10-12-14-16-18-20-21-22-24-25-27-29-31-33-35-43(47)52-40-41(39-51-38-37-42(45(49)50)46(3,4)5)53-44(48)36-34-32-30-28-26-23-19-17-15-13-11-9-7-2/h21-26,30,32,41-42H,6-20,27-29,31,33-40H2,1-5H3/p+1/b22-21+,25-24+,26-23+,32-30+. The fourth-order valence-electron chi connectivity index (χ4n) is 5.90. The molecule has 0 radical (unpaired) electrons. The van der Waals surface area contributed by atoms with Crippen molar-refractivity contribution in [2.24, 2.45) is 0 Å². The number of unbranched alkanes of at least 4 members (excludes halogenated alkanes) is 16. The number of quaternary nitrogens is 1. The van der Waals surface area contributed by atoms with Crippen molar-refractivity contribution in [3.63, 3.8) is 0 Å². The van der Waals surface area contributed by atoms with Crippen molar-refractivity contribution in [2.45, 2.75) is 180 Å². The molecule has 53 heavy (non-hydrogen) atoms. The molecule has 0 aliphatic carbocycles. The summed E-state index contributed by atoms with van der Waals surface area (Å²) < 4.78 is 17.1. The smallest absolute Gasteiger partial charge is 0.362 e. The first-order valence-electron chi connectivity index (χ1n) is 21.2. The Hall–Kier alpha value is -2.71. The highest BCUT2D eigenvalue weighted by Crippen LogP contribution is 2.12. The number of rotatable bonds is 37. The van der Waals surface area contributed by atoms with Crippen LogP contribution in [0.2, 0.25) is 0 Å². The highest BCUT2D eigenvalue weighted by molar-refractivity contribution is 5.72. The molecule has 0 spiro atoms. The highest BCUT2D eigenvalue weighted by Gasteiger charge is 2.31. The number of carbonyl (C=O) groups is 3. The van der Waals surface area contributed by atoms with Crippen LogP contribution in [0.4, 0.5) is 0 Å². The van der Waals surface area contributed by atoms with Crippen LogP contribution in [-0.4, -0.2) is 80.6 Å². The second-order valence-electron chi connectivity index (χ2n) is 15.3. The molecule has 306 valence electrons. The first-order valence-corrected chi connectivity index (χ1v) is 21.2. The molecule has 0 saturated carbocycles. The van der Waals surface area contributed by atoms with Crippen molar-refractivity contribution in [3.05, 3.63) is 48.6 Å². The zero-order valence-corrected chi connectivity index (χ0v) is 34.7. The van der Waals surface area contributed by atoms with Gasteiger partial charge < -0.3 is 23.8 Å². The highest BCUT2D eigenvalue weighted by atomic mass is 16.6. The first-order chi connectivity index (χ1) is 25.6. The number of likely N-dealkylation sites (N-methyl/N-ethyl adjacent to an activating group) is 1. The lowest BCUT2D eigenvalue weighted by atomic mass is 10.1. The number of ether oxygens (including phenoxy) is 3. The molecule has 2 unspecified atom stereocenters. The Balaban J connectivity index is 4.49. The Kier molecular flexibility index (Phi) is 34.4. The predicted molar refractivity (Wildman–Crippen MR) is 220 cm³/mol. The van der Waals surface area contributed by atoms with E-state index in [9.17, 15) is 19.5 Å². The second kappa shape index (κ2) is 36.3. The number of hydrogen-bond donors (Lipinski definition) is 1. The van der Waals surface area contributed by atoms with Gasteiger partial charge in [0.2, 0.25) is 0 Å². The van der Waals surface area contributed by atoms with Gasteiger partial charge >= 0.3 is 17.9 Å². The average Bonchev–Trinajstić information content (AvgIpc) is 3.11. The van der Waals surface area contributed by atoms with Crippen LogP contribution >= 0.6 is 0 Å². The Morgan fingerprint density at radius 1 is 0.585 bits per heavy atom. The second-order valence-corrected chi connectivity index (χ2v) is 15.3. The van der Waals surface area contributed by atoms with Gasteiger partial charge in [0.25, 0.3) is 0 Å². The topological polar surface area (TPSA) is 99.1 Å². The maximum Gasteiger partial charge on any atom is 0.362 e. The third-order valence-corrected chi connectivity index (χ3v) is 9.24. The Morgan fingerprint density at radius 2 is 1.09 bits per heavy atom. The molecular weight excluding hydrogens is 666 g/mol. The number of carboxylic acid groups (broad SMARTS) is 1. The van der Waals surface area contributed by atoms with Gasteiger partial charge in [-0.2, -0.15) is 0 Å². The fourth-order valence-corrected chi connectivity index (χ4v) is 5.90. The number of hydrogen-bond acceptors (Lipinski definition) is 6. The molecule has 0 fully saturated rings. The molecule has 0 aromatic heterocycles. The van der Waals surface area contributed by atoms with Crippen LogP contribution in [0.25, 0.3) is 0 Å². The van der Waals surface area contributed by atoms with Gasteiger partial charge in [0.05, 0.1) is 34.4 Å². The molecule has 8 nitrogen and oxygen atoms in total. The first kappa shape index (κ1) is 50.3. The summed E-state index contributed by atoms with van der Waals surface area (Å²) in [7, 11) is 5.49. The van der Waals surface area contributed by atoms with Crippen LogP contribution in [0, 0.1) is 0 Å². The summed E-state index contributed by atoms with van der Waals surface area (Å²) in [6, 6.07) is -0.627. The van der Waals surface area contributed by atoms with Crippen LogP contribution in [0.5, 0.6) is 0 Å². The summed E-state index contributed by atoms with van der Waals surface area (Å²) >= 11 is 0. The number of carboxylic acids is 1. The summed E-state index contributed by atoms with van der Waals surface area (Å²) in [5.74, 6) is -1.59. The third kappa shape index (κ3) is 34.8. The van der Waals surface area contributed by atoms with Gasteiger partial charge in [-0.15, -0.1) is 0 Å². The lowest BCUT2D eigenvalue weighted by Crippen LogP contribution is -2.50. The normalized spacial score (nSPS) is 13.5. The molecule has 0 heterocycles. The van der Waals surface area contributed by atoms with Crippen molar-refractivity contribution in [1.82, 2.24) is 0 Å². The largest absolute Gasteiger partial charge is 0.477 e. The fraction of sp³-hybridized carbons (Fsp3) is 0.756. The molecule has 8 heteroatoms. The molecule has 1 N–H and O–H groups in total. The quantitative estimate of drug-likeness (QED) is 0.0222. The van der Waals surface area contributed by atoms with Crippen LogP contribution < -0.4 is 0 Å². The van der Waals surface area contributed by atoms with Gasteiger partial charge in [0, 0.05) is 19.3 Å². The van der Waals surface area contributed by atoms with E-state index in [1.807, 2.05) is 27.2 Å². The lowest BCUT2D eigenvalue weighted by molar-refractivity contribution is -0.887. The van der Waals surface area contributed by atoms with Crippen LogP contribution in [0.3, 0.4) is 0 Å². The molecule has 0 aromatic carbocycles. The number of carbonyl (C=O) groups excluding carboxylic acids is 2. The van der Waals surface area contributed by atoms with Crippen molar-refractivity contribution in [3.8, 4) is 0 Å². The average molecular weight is 747 g/mol. The van der Waals surface area contributed by atoms with E-state index >= 15 is 0 Å². The van der Waals surface area contributed by atoms with E-state index in [2.05, 4.69) is 56.4 Å². The van der Waals surface area contributed by atoms with Gasteiger partial charge in [-0.25, -0.2) is 4.79 Å². The molecular formula is C45H80NO7+. The molecule has 0 rings (SSSR count). The lowest BCUT2D eigenvalue weighted by Gasteiger charge is -2.31. The van der Waals surface area contributed by atoms with E-state index in [4.69, 9.17) is 14.2 Å². The molecule has 0 amide bonds. The van der Waals surface area contributed by atoms with E-state index in [0.717, 1.165) is 44.9 Å². The summed E-state index contributed by atoms with van der Waals surface area (Å²) in [4.78, 5) is 36.8. The van der Waals surface area contributed by atoms with Crippen molar-refractivity contribution in [2.75, 3.05) is 41.0 Å². The zero-order chi connectivity index (χ0) is 39.3. The third-order valence-electron chi connectivity index (χ3n) is 9.24. The number of nitrogens with zero attached hydrogens (tertiary/aromatic N) is 1. The summed E-state index contributed by atoms with van der Waals surface area (Å²) in [6.45, 7) is 4.62. The summed E-state index contributed by atoms with van der Waals surface area (Å²) in [6.07, 6.45) is 41.7. The predicted octanol–water partition coefficient (Wildman–Crippen LogP) is 11.2. The minimum atomic E-state index is -0.888. The van der Waals surface area contributed by atoms with Crippen molar-refractivity contribution >= 4 is 17.9 Å². The van der Waals surface area contributed by atoms with Gasteiger partial charge in [-0.1, -0.05) is 140 Å². The number of allylic oxidation sites excluding steroid dienone is 8. The van der Waals surface area contributed by atoms with Crippen LogP contribution in [0.15, 0.2) is 48.6 Å². The van der Waals surface area contributed by atoms with Crippen molar-refractivity contribution < 1.29 is 38.2 Å². The van der Waals surface area contributed by atoms with E-state index in [0.29, 0.717) is 19.3 Å². The number of aliphatic carboxylic acids is 1. The number of esters is 2. The Morgan fingerprint density at radius 3 is 1.64 bits per heavy atom. The van der Waals surface area contributed by atoms with Gasteiger partial charge in [-0.05, 0) is 57.8 Å². The molecule has 0 bridgehead atoms. The summed E-state index contributed by atoms with van der Waals surface area (Å²) in [5.41, 5.74) is 0. The maximum atomic E-state index is 12.6. The Labute approximate surface area is 325 Å². The minimum absolute atomic E-state index is 0.0293. The Bertz CT molecular complexity index is 1010. The van der Waals surface area contributed by atoms with Gasteiger partial charge in [0.15, 0.2) is 12.1 Å². The van der Waals surface area contributed by atoms with Crippen molar-refractivity contribution in [1.29, 1.82) is 0 Å². The SMILES string of the molecule is CCCCCCCC/C=C/C/C=C/CCC(=O)OC(COCCC(C(=O)O)[N+](C)(C)C)COC(=O)CCCCC/C=C/C=C/CCCCCCCCC. The molecule has 0 aliphatic heterocycles. The molecule has 0 aliphatic rings. The van der Waals surface area contributed by atoms with E-state index < -0.39 is 18.1 Å². The van der Waals surface area contributed by atoms with Gasteiger partial charge in [0.1, 0.15) is 6.61 Å². The monoisotopic (exact) mass is 747 g/mol. The molecule has 2 atom stereocenters. The van der Waals surface area contributed by atoms with E-state index in [-0.39, 0.29) is 42.7 Å².